The lowest BCUT2D eigenvalue weighted by molar-refractivity contribution is -0.0756. The predicted molar refractivity (Wildman–Crippen MR) is 86.2 cm³/mol. The van der Waals surface area contributed by atoms with E-state index < -0.39 is 5.82 Å². The Balaban J connectivity index is 2.35. The molecule has 0 unspecified atom stereocenters. The van der Waals surface area contributed by atoms with Crippen LogP contribution in [0.2, 0.25) is 0 Å². The summed E-state index contributed by atoms with van der Waals surface area (Å²) in [7, 11) is 2.91. The number of hydrogen-bond acceptors (Lipinski definition) is 3. The van der Waals surface area contributed by atoms with Gasteiger partial charge in [-0.1, -0.05) is 30.3 Å². The number of rotatable bonds is 3. The summed E-state index contributed by atoms with van der Waals surface area (Å²) in [5.74, 6) is -0.766. The van der Waals surface area contributed by atoms with Gasteiger partial charge >= 0.3 is 0 Å². The summed E-state index contributed by atoms with van der Waals surface area (Å²) in [5, 5.41) is 1.94. The predicted octanol–water partition coefficient (Wildman–Crippen LogP) is 3.67. The summed E-state index contributed by atoms with van der Waals surface area (Å²) in [6, 6.07) is 13.5. The van der Waals surface area contributed by atoms with Crippen LogP contribution in [-0.4, -0.2) is 30.1 Å². The van der Waals surface area contributed by atoms with E-state index in [0.717, 1.165) is 10.4 Å². The van der Waals surface area contributed by atoms with E-state index in [4.69, 9.17) is 4.84 Å². The van der Waals surface area contributed by atoms with Crippen molar-refractivity contribution in [2.75, 3.05) is 14.2 Å². The summed E-state index contributed by atoms with van der Waals surface area (Å²) in [4.78, 5) is 21.9. The molecular formula is C18H15FN2O2. The minimum absolute atomic E-state index is 0.338. The zero-order valence-corrected chi connectivity index (χ0v) is 12.8. The Bertz CT molecular complexity index is 880. The molecule has 0 aliphatic rings. The highest BCUT2D eigenvalue weighted by molar-refractivity contribution is 6.08. The highest BCUT2D eigenvalue weighted by atomic mass is 19.1. The molecule has 0 bridgehead atoms. The van der Waals surface area contributed by atoms with Crippen LogP contribution in [0.15, 0.2) is 54.7 Å². The van der Waals surface area contributed by atoms with Gasteiger partial charge in [-0.05, 0) is 18.2 Å². The monoisotopic (exact) mass is 310 g/mol. The molecule has 2 aromatic carbocycles. The molecule has 1 aromatic heterocycles. The quantitative estimate of drug-likeness (QED) is 0.693. The number of hydrogen-bond donors (Lipinski definition) is 0. The Morgan fingerprint density at radius 2 is 1.91 bits per heavy atom. The lowest BCUT2D eigenvalue weighted by atomic mass is 9.95. The van der Waals surface area contributed by atoms with E-state index in [9.17, 15) is 9.18 Å². The van der Waals surface area contributed by atoms with Crippen molar-refractivity contribution in [3.05, 3.63) is 66.1 Å². The fraction of sp³-hybridized carbons (Fsp3) is 0.111. The second-order valence-electron chi connectivity index (χ2n) is 5.03. The molecule has 0 aliphatic heterocycles. The van der Waals surface area contributed by atoms with Crippen LogP contribution in [-0.2, 0) is 4.84 Å². The van der Waals surface area contributed by atoms with E-state index >= 15 is 0 Å². The Hall–Kier alpha value is -2.79. The molecule has 4 nitrogen and oxygen atoms in total. The smallest absolute Gasteiger partial charge is 0.274 e. The van der Waals surface area contributed by atoms with Crippen molar-refractivity contribution < 1.29 is 14.0 Å². The molecule has 3 rings (SSSR count). The van der Waals surface area contributed by atoms with Crippen molar-refractivity contribution in [3.8, 4) is 11.1 Å². The number of pyridine rings is 1. The molecule has 23 heavy (non-hydrogen) atoms. The fourth-order valence-corrected chi connectivity index (χ4v) is 2.51. The minimum atomic E-state index is -0.403. The van der Waals surface area contributed by atoms with E-state index in [1.807, 2.05) is 6.07 Å². The average Bonchev–Trinajstić information content (AvgIpc) is 2.60. The van der Waals surface area contributed by atoms with Crippen LogP contribution in [0.3, 0.4) is 0 Å². The second-order valence-corrected chi connectivity index (χ2v) is 5.03. The maximum absolute atomic E-state index is 14.3. The van der Waals surface area contributed by atoms with Crippen molar-refractivity contribution in [2.24, 2.45) is 0 Å². The number of aromatic nitrogens is 1. The zero-order valence-electron chi connectivity index (χ0n) is 12.8. The average molecular weight is 310 g/mol. The lowest BCUT2D eigenvalue weighted by Crippen LogP contribution is -2.26. The Morgan fingerprint density at radius 3 is 2.65 bits per heavy atom. The number of carbonyl (C=O) groups is 1. The van der Waals surface area contributed by atoms with E-state index in [1.165, 1.54) is 20.2 Å². The number of benzene rings is 2. The van der Waals surface area contributed by atoms with Crippen molar-refractivity contribution in [3.63, 3.8) is 0 Å². The Labute approximate surface area is 133 Å². The third-order valence-corrected chi connectivity index (χ3v) is 3.71. The van der Waals surface area contributed by atoms with Gasteiger partial charge in [-0.15, -0.1) is 0 Å². The van der Waals surface area contributed by atoms with Gasteiger partial charge in [0, 0.05) is 29.8 Å². The second kappa shape index (κ2) is 6.14. The first-order valence-electron chi connectivity index (χ1n) is 7.08. The molecule has 1 amide bonds. The molecule has 0 saturated carbocycles. The summed E-state index contributed by atoms with van der Waals surface area (Å²) in [6.45, 7) is 0. The van der Waals surface area contributed by atoms with Crippen molar-refractivity contribution in [1.29, 1.82) is 0 Å². The molecule has 0 spiro atoms. The van der Waals surface area contributed by atoms with Crippen LogP contribution >= 0.6 is 0 Å². The normalized spacial score (nSPS) is 10.7. The molecule has 0 fully saturated rings. The van der Waals surface area contributed by atoms with Gasteiger partial charge in [0.15, 0.2) is 0 Å². The van der Waals surface area contributed by atoms with Gasteiger partial charge in [0.1, 0.15) is 5.82 Å². The van der Waals surface area contributed by atoms with E-state index in [0.29, 0.717) is 22.2 Å². The van der Waals surface area contributed by atoms with Crippen LogP contribution in [0.25, 0.3) is 22.0 Å². The first-order valence-corrected chi connectivity index (χ1v) is 7.08. The van der Waals surface area contributed by atoms with Gasteiger partial charge in [0.2, 0.25) is 0 Å². The van der Waals surface area contributed by atoms with Gasteiger partial charge in [-0.25, -0.2) is 9.45 Å². The van der Waals surface area contributed by atoms with Gasteiger partial charge < -0.3 is 0 Å². The van der Waals surface area contributed by atoms with Crippen molar-refractivity contribution in [2.45, 2.75) is 0 Å². The van der Waals surface area contributed by atoms with Gasteiger partial charge in [-0.3, -0.25) is 14.6 Å². The summed E-state index contributed by atoms with van der Waals surface area (Å²) in [5.41, 5.74) is 1.72. The molecular weight excluding hydrogens is 295 g/mol. The summed E-state index contributed by atoms with van der Waals surface area (Å²) in [6.07, 6.45) is 1.63. The van der Waals surface area contributed by atoms with Gasteiger partial charge in [0.05, 0.1) is 18.2 Å². The van der Waals surface area contributed by atoms with Crippen LogP contribution in [0.4, 0.5) is 4.39 Å². The standard InChI is InChI=1S/C18H15FN2O2/c1-21(23-2)18(22)14-10-9-12-6-5-11-20-17(12)16(14)13-7-3-4-8-15(13)19/h3-11H,1-2H3. The first kappa shape index (κ1) is 15.1. The number of halogens is 1. The lowest BCUT2D eigenvalue weighted by Gasteiger charge is -2.18. The molecule has 0 aliphatic carbocycles. The number of carbonyl (C=O) groups excluding carboxylic acids is 1. The largest absolute Gasteiger partial charge is 0.277 e. The molecule has 116 valence electrons. The first-order chi connectivity index (χ1) is 11.1. The van der Waals surface area contributed by atoms with Crippen LogP contribution < -0.4 is 0 Å². The summed E-state index contributed by atoms with van der Waals surface area (Å²) >= 11 is 0. The molecule has 0 saturated heterocycles. The zero-order chi connectivity index (χ0) is 16.4. The highest BCUT2D eigenvalue weighted by Gasteiger charge is 2.21. The number of hydroxylamine groups is 2. The molecule has 0 atom stereocenters. The molecule has 1 heterocycles. The van der Waals surface area contributed by atoms with Crippen molar-refractivity contribution in [1.82, 2.24) is 10.0 Å². The SMILES string of the molecule is CON(C)C(=O)c1ccc2cccnc2c1-c1ccccc1F. The highest BCUT2D eigenvalue weighted by Crippen LogP contribution is 2.33. The number of fused-ring (bicyclic) bond motifs is 1. The van der Waals surface area contributed by atoms with Crippen LogP contribution in [0, 0.1) is 5.82 Å². The molecule has 3 aromatic rings. The molecule has 0 radical (unpaired) electrons. The van der Waals surface area contributed by atoms with E-state index in [1.54, 1.807) is 42.6 Å². The van der Waals surface area contributed by atoms with E-state index in [2.05, 4.69) is 4.98 Å². The minimum Gasteiger partial charge on any atom is -0.274 e. The van der Waals surface area contributed by atoms with Crippen LogP contribution in [0.1, 0.15) is 10.4 Å². The maximum atomic E-state index is 14.3. The maximum Gasteiger partial charge on any atom is 0.277 e. The third kappa shape index (κ3) is 2.66. The molecule has 5 heteroatoms. The summed E-state index contributed by atoms with van der Waals surface area (Å²) < 4.78 is 14.3. The molecule has 0 N–H and O–H groups in total. The van der Waals surface area contributed by atoms with Gasteiger partial charge in [0.25, 0.3) is 5.91 Å². The van der Waals surface area contributed by atoms with E-state index in [-0.39, 0.29) is 5.91 Å². The topological polar surface area (TPSA) is 42.4 Å². The van der Waals surface area contributed by atoms with Crippen LogP contribution in [0.5, 0.6) is 0 Å². The third-order valence-electron chi connectivity index (χ3n) is 3.71. The van der Waals surface area contributed by atoms with Crippen molar-refractivity contribution >= 4 is 16.8 Å². The number of nitrogens with zero attached hydrogens (tertiary/aromatic N) is 2. The number of amides is 1. The fourth-order valence-electron chi connectivity index (χ4n) is 2.51. The Kier molecular flexibility index (Phi) is 4.04. The van der Waals surface area contributed by atoms with Gasteiger partial charge in [-0.2, -0.15) is 0 Å². The Morgan fingerprint density at radius 1 is 1.13 bits per heavy atom.